The summed E-state index contributed by atoms with van der Waals surface area (Å²) in [5.41, 5.74) is 2.64. The van der Waals surface area contributed by atoms with E-state index in [1.54, 1.807) is 29.2 Å². The zero-order valence-corrected chi connectivity index (χ0v) is 21.6. The lowest BCUT2D eigenvalue weighted by atomic mass is 10.0. The van der Waals surface area contributed by atoms with Crippen molar-refractivity contribution in [2.45, 2.75) is 56.5 Å². The number of hydrogen-bond acceptors (Lipinski definition) is 3. The molecule has 4 nitrogen and oxygen atoms in total. The molecule has 0 saturated heterocycles. The van der Waals surface area contributed by atoms with Gasteiger partial charge in [-0.15, -0.1) is 11.8 Å². The molecule has 3 aromatic carbocycles. The van der Waals surface area contributed by atoms with E-state index < -0.39 is 6.04 Å². The summed E-state index contributed by atoms with van der Waals surface area (Å²) in [6, 6.07) is 21.4. The van der Waals surface area contributed by atoms with Crippen molar-refractivity contribution >= 4 is 23.6 Å². The molecule has 1 aliphatic carbocycles. The molecule has 0 radical (unpaired) electrons. The van der Waals surface area contributed by atoms with Gasteiger partial charge in [0, 0.05) is 24.8 Å². The summed E-state index contributed by atoms with van der Waals surface area (Å²) < 4.78 is 26.8. The number of nitrogens with one attached hydrogen (secondary N) is 1. The van der Waals surface area contributed by atoms with Gasteiger partial charge in [0.1, 0.15) is 17.7 Å². The molecule has 1 aliphatic rings. The quantitative estimate of drug-likeness (QED) is 0.341. The molecule has 194 valence electrons. The Morgan fingerprint density at radius 1 is 0.838 bits per heavy atom. The highest BCUT2D eigenvalue weighted by Gasteiger charge is 2.32. The van der Waals surface area contributed by atoms with Crippen LogP contribution in [0.2, 0.25) is 0 Å². The molecule has 7 heteroatoms. The van der Waals surface area contributed by atoms with Crippen LogP contribution in [0.4, 0.5) is 8.78 Å². The van der Waals surface area contributed by atoms with Gasteiger partial charge in [-0.05, 0) is 53.8 Å². The monoisotopic (exact) mass is 522 g/mol. The summed E-state index contributed by atoms with van der Waals surface area (Å²) in [4.78, 5) is 28.9. The van der Waals surface area contributed by atoms with E-state index in [1.165, 1.54) is 36.0 Å². The summed E-state index contributed by atoms with van der Waals surface area (Å²) in [5, 5.41) is 3.18. The van der Waals surface area contributed by atoms with Crippen molar-refractivity contribution in [2.75, 3.05) is 5.75 Å². The Hall–Kier alpha value is -3.19. The molecule has 1 fully saturated rings. The third kappa shape index (κ3) is 8.15. The van der Waals surface area contributed by atoms with Crippen LogP contribution in [0.5, 0.6) is 0 Å². The van der Waals surface area contributed by atoms with Gasteiger partial charge < -0.3 is 10.2 Å². The highest BCUT2D eigenvalue weighted by atomic mass is 32.2. The highest BCUT2D eigenvalue weighted by Crippen LogP contribution is 2.21. The van der Waals surface area contributed by atoms with Crippen molar-refractivity contribution < 1.29 is 18.4 Å². The maximum absolute atomic E-state index is 13.6. The first-order valence-electron chi connectivity index (χ1n) is 12.7. The topological polar surface area (TPSA) is 49.4 Å². The minimum atomic E-state index is -0.702. The van der Waals surface area contributed by atoms with Crippen LogP contribution in [0.1, 0.15) is 42.4 Å². The first-order valence-corrected chi connectivity index (χ1v) is 13.8. The van der Waals surface area contributed by atoms with Gasteiger partial charge in [-0.1, -0.05) is 67.4 Å². The summed E-state index contributed by atoms with van der Waals surface area (Å²) in [6.45, 7) is 0.200. The average molecular weight is 523 g/mol. The van der Waals surface area contributed by atoms with Gasteiger partial charge >= 0.3 is 0 Å². The van der Waals surface area contributed by atoms with E-state index in [0.29, 0.717) is 12.2 Å². The summed E-state index contributed by atoms with van der Waals surface area (Å²) >= 11 is 1.42. The van der Waals surface area contributed by atoms with Crippen LogP contribution < -0.4 is 5.32 Å². The van der Waals surface area contributed by atoms with E-state index in [-0.39, 0.29) is 41.8 Å². The van der Waals surface area contributed by atoms with Crippen LogP contribution in [0.3, 0.4) is 0 Å². The average Bonchev–Trinajstić information content (AvgIpc) is 3.42. The third-order valence-electron chi connectivity index (χ3n) is 6.65. The van der Waals surface area contributed by atoms with Crippen molar-refractivity contribution in [3.63, 3.8) is 0 Å². The Kier molecular flexibility index (Phi) is 9.71. The molecule has 3 aromatic rings. The van der Waals surface area contributed by atoms with Gasteiger partial charge in [-0.3, -0.25) is 9.59 Å². The summed E-state index contributed by atoms with van der Waals surface area (Å²) in [5.74, 6) is -0.258. The summed E-state index contributed by atoms with van der Waals surface area (Å²) in [7, 11) is 0. The number of halogens is 2. The van der Waals surface area contributed by atoms with Crippen LogP contribution in [-0.2, 0) is 28.3 Å². The lowest BCUT2D eigenvalue weighted by Crippen LogP contribution is -2.52. The van der Waals surface area contributed by atoms with E-state index in [9.17, 15) is 18.4 Å². The molecule has 0 aromatic heterocycles. The summed E-state index contributed by atoms with van der Waals surface area (Å²) in [6.07, 6.45) is 4.46. The predicted molar refractivity (Wildman–Crippen MR) is 144 cm³/mol. The van der Waals surface area contributed by atoms with Crippen LogP contribution >= 0.6 is 11.8 Å². The van der Waals surface area contributed by atoms with Crippen molar-refractivity contribution in [3.8, 4) is 0 Å². The number of nitrogens with zero attached hydrogens (tertiary/aromatic N) is 1. The largest absolute Gasteiger partial charge is 0.352 e. The van der Waals surface area contributed by atoms with E-state index in [2.05, 4.69) is 5.32 Å². The lowest BCUT2D eigenvalue weighted by molar-refractivity contribution is -0.139. The van der Waals surface area contributed by atoms with Gasteiger partial charge in [0.05, 0.1) is 5.75 Å². The maximum atomic E-state index is 13.6. The normalized spacial score (nSPS) is 14.3. The number of carbonyl (C=O) groups excluding carboxylic acids is 2. The fraction of sp³-hybridized carbons (Fsp3) is 0.333. The Balaban J connectivity index is 1.55. The molecule has 0 spiro atoms. The zero-order chi connectivity index (χ0) is 26.0. The van der Waals surface area contributed by atoms with Crippen molar-refractivity contribution in [1.82, 2.24) is 10.2 Å². The molecule has 0 aliphatic heterocycles. The molecule has 4 rings (SSSR count). The zero-order valence-electron chi connectivity index (χ0n) is 20.7. The molecule has 37 heavy (non-hydrogen) atoms. The van der Waals surface area contributed by atoms with Crippen molar-refractivity contribution in [3.05, 3.63) is 107 Å². The van der Waals surface area contributed by atoms with Crippen LogP contribution in [-0.4, -0.2) is 34.6 Å². The molecule has 0 bridgehead atoms. The fourth-order valence-electron chi connectivity index (χ4n) is 4.63. The van der Waals surface area contributed by atoms with Gasteiger partial charge in [0.25, 0.3) is 0 Å². The number of thioether (sulfide) groups is 1. The van der Waals surface area contributed by atoms with Gasteiger partial charge in [-0.2, -0.15) is 0 Å². The smallest absolute Gasteiger partial charge is 0.243 e. The van der Waals surface area contributed by atoms with E-state index >= 15 is 0 Å². The minimum Gasteiger partial charge on any atom is -0.352 e. The minimum absolute atomic E-state index is 0.126. The molecule has 0 heterocycles. The molecule has 2 amide bonds. The molecule has 1 saturated carbocycles. The van der Waals surface area contributed by atoms with Crippen LogP contribution in [0.25, 0.3) is 0 Å². The molecular formula is C30H32F2N2O2S. The Morgan fingerprint density at radius 3 is 2.05 bits per heavy atom. The first kappa shape index (κ1) is 26.9. The Morgan fingerprint density at radius 2 is 1.43 bits per heavy atom. The fourth-order valence-corrected chi connectivity index (χ4v) is 5.50. The van der Waals surface area contributed by atoms with Crippen LogP contribution in [0.15, 0.2) is 78.9 Å². The number of benzene rings is 3. The molecule has 1 N–H and O–H groups in total. The van der Waals surface area contributed by atoms with Gasteiger partial charge in [0.2, 0.25) is 11.8 Å². The first-order chi connectivity index (χ1) is 18.0. The maximum Gasteiger partial charge on any atom is 0.243 e. The van der Waals surface area contributed by atoms with Gasteiger partial charge in [0.15, 0.2) is 0 Å². The Labute approximate surface area is 221 Å². The lowest BCUT2D eigenvalue weighted by Gasteiger charge is -2.32. The van der Waals surface area contributed by atoms with Crippen molar-refractivity contribution in [1.29, 1.82) is 0 Å². The number of carbonyl (C=O) groups is 2. The van der Waals surface area contributed by atoms with E-state index in [4.69, 9.17) is 0 Å². The predicted octanol–water partition coefficient (Wildman–Crippen LogP) is 5.90. The molecule has 1 atom stereocenters. The number of amides is 2. The second kappa shape index (κ2) is 13.4. The van der Waals surface area contributed by atoms with Crippen molar-refractivity contribution in [2.24, 2.45) is 0 Å². The number of rotatable bonds is 11. The Bertz CT molecular complexity index is 1150. The highest BCUT2D eigenvalue weighted by molar-refractivity contribution is 7.99. The van der Waals surface area contributed by atoms with Gasteiger partial charge in [-0.25, -0.2) is 8.78 Å². The second-order valence-electron chi connectivity index (χ2n) is 9.46. The third-order valence-corrected chi connectivity index (χ3v) is 7.63. The van der Waals surface area contributed by atoms with Crippen LogP contribution in [0, 0.1) is 11.6 Å². The molecular weight excluding hydrogens is 490 g/mol. The van der Waals surface area contributed by atoms with E-state index in [1.807, 2.05) is 30.3 Å². The second-order valence-corrected chi connectivity index (χ2v) is 10.4. The molecule has 0 unspecified atom stereocenters. The van der Waals surface area contributed by atoms with E-state index in [0.717, 1.165) is 42.4 Å². The SMILES string of the molecule is O=C(NC1CCCC1)[C@@H](Cc1ccccc1)N(Cc1ccc(F)cc1)C(=O)CSCc1ccc(F)cc1. The number of hydrogen-bond donors (Lipinski definition) is 1. The standard InChI is InChI=1S/C30H32F2N2O2S/c31-25-14-10-23(11-15-25)19-34(29(35)21-37-20-24-12-16-26(32)17-13-24)28(18-22-6-2-1-3-7-22)30(36)33-27-8-4-5-9-27/h1-3,6-7,10-17,27-28H,4-5,8-9,18-21H2,(H,33,36)/t28-/m1/s1.